The fourth-order valence-corrected chi connectivity index (χ4v) is 2.56. The molecular formula is C18H23N3O2. The maximum atomic E-state index is 12.5. The minimum absolute atomic E-state index is 0.0162. The van der Waals surface area contributed by atoms with E-state index in [1.165, 1.54) is 0 Å². The van der Waals surface area contributed by atoms with Crippen molar-refractivity contribution >= 4 is 11.7 Å². The van der Waals surface area contributed by atoms with Crippen molar-refractivity contribution in [3.63, 3.8) is 0 Å². The summed E-state index contributed by atoms with van der Waals surface area (Å²) in [4.78, 5) is 18.6. The normalized spacial score (nSPS) is 10.4. The molecule has 1 amide bonds. The second-order valence-electron chi connectivity index (χ2n) is 5.27. The third-order valence-corrected chi connectivity index (χ3v) is 3.89. The zero-order valence-corrected chi connectivity index (χ0v) is 14.1. The van der Waals surface area contributed by atoms with Crippen LogP contribution in [0.4, 0.5) is 5.82 Å². The van der Waals surface area contributed by atoms with Gasteiger partial charge in [0.05, 0.1) is 12.8 Å². The van der Waals surface area contributed by atoms with Crippen LogP contribution in [0.5, 0.6) is 5.75 Å². The first kappa shape index (κ1) is 16.8. The van der Waals surface area contributed by atoms with Gasteiger partial charge in [0.15, 0.2) is 0 Å². The van der Waals surface area contributed by atoms with E-state index in [0.29, 0.717) is 30.2 Å². The van der Waals surface area contributed by atoms with Crippen LogP contribution in [0, 0.1) is 6.92 Å². The molecule has 5 heteroatoms. The fourth-order valence-electron chi connectivity index (χ4n) is 2.56. The molecule has 0 saturated heterocycles. The standard InChI is InChI=1S/C18H23N3O2/c1-5-21(6-2)18(22)14-9-7-8-13(10-14)15-11-16(23-4)12(3)20-17(15)19/h7-11H,5-6H2,1-4H3,(H2,19,20). The molecular weight excluding hydrogens is 290 g/mol. The summed E-state index contributed by atoms with van der Waals surface area (Å²) >= 11 is 0. The Labute approximate surface area is 137 Å². The molecule has 0 radical (unpaired) electrons. The van der Waals surface area contributed by atoms with Crippen molar-refractivity contribution in [2.24, 2.45) is 0 Å². The molecule has 23 heavy (non-hydrogen) atoms. The van der Waals surface area contributed by atoms with Crippen molar-refractivity contribution in [3.8, 4) is 16.9 Å². The second kappa shape index (κ2) is 7.13. The number of nitrogens with two attached hydrogens (primary N) is 1. The Morgan fingerprint density at radius 2 is 1.96 bits per heavy atom. The zero-order valence-electron chi connectivity index (χ0n) is 14.1. The Morgan fingerprint density at radius 3 is 2.57 bits per heavy atom. The number of hydrogen-bond donors (Lipinski definition) is 1. The monoisotopic (exact) mass is 313 g/mol. The molecule has 1 aromatic heterocycles. The van der Waals surface area contributed by atoms with Crippen molar-refractivity contribution < 1.29 is 9.53 Å². The third-order valence-electron chi connectivity index (χ3n) is 3.89. The quantitative estimate of drug-likeness (QED) is 0.921. The summed E-state index contributed by atoms with van der Waals surface area (Å²) in [6.45, 7) is 7.15. The minimum atomic E-state index is 0.0162. The van der Waals surface area contributed by atoms with Crippen LogP contribution in [-0.4, -0.2) is 36.0 Å². The lowest BCUT2D eigenvalue weighted by Crippen LogP contribution is -2.30. The van der Waals surface area contributed by atoms with Crippen LogP contribution in [0.1, 0.15) is 29.9 Å². The molecule has 0 unspecified atom stereocenters. The van der Waals surface area contributed by atoms with Gasteiger partial charge in [0.25, 0.3) is 5.91 Å². The Bertz CT molecular complexity index is 709. The number of aryl methyl sites for hydroxylation is 1. The number of hydrogen-bond acceptors (Lipinski definition) is 4. The topological polar surface area (TPSA) is 68.5 Å². The van der Waals surface area contributed by atoms with E-state index in [1.54, 1.807) is 12.0 Å². The van der Waals surface area contributed by atoms with Crippen LogP contribution in [0.3, 0.4) is 0 Å². The van der Waals surface area contributed by atoms with Crippen molar-refractivity contribution in [2.45, 2.75) is 20.8 Å². The fraction of sp³-hybridized carbons (Fsp3) is 0.333. The van der Waals surface area contributed by atoms with E-state index in [4.69, 9.17) is 10.5 Å². The highest BCUT2D eigenvalue weighted by Crippen LogP contribution is 2.30. The number of carbonyl (C=O) groups excluding carboxylic acids is 1. The van der Waals surface area contributed by atoms with Crippen LogP contribution in [-0.2, 0) is 0 Å². The molecule has 0 fully saturated rings. The Kier molecular flexibility index (Phi) is 5.21. The van der Waals surface area contributed by atoms with Crippen molar-refractivity contribution in [1.82, 2.24) is 9.88 Å². The van der Waals surface area contributed by atoms with Crippen molar-refractivity contribution in [3.05, 3.63) is 41.6 Å². The molecule has 0 bridgehead atoms. The van der Waals surface area contributed by atoms with Gasteiger partial charge in [-0.05, 0) is 44.5 Å². The third kappa shape index (κ3) is 3.44. The SMILES string of the molecule is CCN(CC)C(=O)c1cccc(-c2cc(OC)c(C)nc2N)c1. The van der Waals surface area contributed by atoms with E-state index in [1.807, 2.05) is 51.1 Å². The first-order valence-electron chi connectivity index (χ1n) is 7.72. The predicted molar refractivity (Wildman–Crippen MR) is 92.6 cm³/mol. The molecule has 0 saturated carbocycles. The number of amides is 1. The van der Waals surface area contributed by atoms with E-state index in [9.17, 15) is 4.79 Å². The molecule has 0 aliphatic heterocycles. The lowest BCUT2D eigenvalue weighted by Gasteiger charge is -2.19. The molecule has 2 aromatic rings. The maximum Gasteiger partial charge on any atom is 0.253 e. The smallest absolute Gasteiger partial charge is 0.253 e. The average Bonchev–Trinajstić information content (AvgIpc) is 2.56. The molecule has 2 rings (SSSR count). The number of methoxy groups -OCH3 is 1. The highest BCUT2D eigenvalue weighted by molar-refractivity contribution is 5.96. The predicted octanol–water partition coefficient (Wildman–Crippen LogP) is 3.13. The van der Waals surface area contributed by atoms with Gasteiger partial charge in [-0.3, -0.25) is 4.79 Å². The molecule has 0 spiro atoms. The first-order chi connectivity index (χ1) is 11.0. The summed E-state index contributed by atoms with van der Waals surface area (Å²) in [5.74, 6) is 1.12. The summed E-state index contributed by atoms with van der Waals surface area (Å²) < 4.78 is 5.32. The largest absolute Gasteiger partial charge is 0.495 e. The van der Waals surface area contributed by atoms with Gasteiger partial charge in [0, 0.05) is 24.2 Å². The number of aromatic nitrogens is 1. The van der Waals surface area contributed by atoms with Crippen LogP contribution in [0.15, 0.2) is 30.3 Å². The first-order valence-corrected chi connectivity index (χ1v) is 7.72. The van der Waals surface area contributed by atoms with Gasteiger partial charge in [-0.1, -0.05) is 12.1 Å². The van der Waals surface area contributed by atoms with E-state index < -0.39 is 0 Å². The Hall–Kier alpha value is -2.56. The number of nitrogens with zero attached hydrogens (tertiary/aromatic N) is 2. The average molecular weight is 313 g/mol. The molecule has 5 nitrogen and oxygen atoms in total. The van der Waals surface area contributed by atoms with Gasteiger partial charge in [0.1, 0.15) is 11.6 Å². The number of carbonyl (C=O) groups is 1. The van der Waals surface area contributed by atoms with Crippen molar-refractivity contribution in [1.29, 1.82) is 0 Å². The molecule has 0 aliphatic carbocycles. The number of rotatable bonds is 5. The Morgan fingerprint density at radius 1 is 1.26 bits per heavy atom. The molecule has 2 N–H and O–H groups in total. The minimum Gasteiger partial charge on any atom is -0.495 e. The zero-order chi connectivity index (χ0) is 17.0. The van der Waals surface area contributed by atoms with Gasteiger partial charge in [-0.15, -0.1) is 0 Å². The summed E-state index contributed by atoms with van der Waals surface area (Å²) in [5, 5.41) is 0. The highest BCUT2D eigenvalue weighted by Gasteiger charge is 2.15. The van der Waals surface area contributed by atoms with Crippen LogP contribution >= 0.6 is 0 Å². The summed E-state index contributed by atoms with van der Waals surface area (Å²) in [7, 11) is 1.60. The van der Waals surface area contributed by atoms with Crippen molar-refractivity contribution in [2.75, 3.05) is 25.9 Å². The van der Waals surface area contributed by atoms with E-state index >= 15 is 0 Å². The highest BCUT2D eigenvalue weighted by atomic mass is 16.5. The summed E-state index contributed by atoms with van der Waals surface area (Å²) in [5.41, 5.74) is 9.06. The number of pyridine rings is 1. The summed E-state index contributed by atoms with van der Waals surface area (Å²) in [6.07, 6.45) is 0. The maximum absolute atomic E-state index is 12.5. The molecule has 1 aromatic carbocycles. The number of benzene rings is 1. The lowest BCUT2D eigenvalue weighted by atomic mass is 10.0. The number of ether oxygens (including phenoxy) is 1. The summed E-state index contributed by atoms with van der Waals surface area (Å²) in [6, 6.07) is 9.31. The van der Waals surface area contributed by atoms with Gasteiger partial charge in [0.2, 0.25) is 0 Å². The van der Waals surface area contributed by atoms with Gasteiger partial charge >= 0.3 is 0 Å². The Balaban J connectivity index is 2.46. The lowest BCUT2D eigenvalue weighted by molar-refractivity contribution is 0.0773. The molecule has 0 aliphatic rings. The van der Waals surface area contributed by atoms with Gasteiger partial charge < -0.3 is 15.4 Å². The number of nitrogen functional groups attached to an aromatic ring is 1. The van der Waals surface area contributed by atoms with E-state index in [0.717, 1.165) is 16.8 Å². The second-order valence-corrected chi connectivity index (χ2v) is 5.27. The van der Waals surface area contributed by atoms with Crippen LogP contribution < -0.4 is 10.5 Å². The van der Waals surface area contributed by atoms with E-state index in [-0.39, 0.29) is 5.91 Å². The van der Waals surface area contributed by atoms with Crippen LogP contribution in [0.25, 0.3) is 11.1 Å². The molecule has 1 heterocycles. The van der Waals surface area contributed by atoms with Gasteiger partial charge in [-0.25, -0.2) is 4.98 Å². The number of anilines is 1. The molecule has 122 valence electrons. The van der Waals surface area contributed by atoms with E-state index in [2.05, 4.69) is 4.98 Å². The molecule has 0 atom stereocenters. The van der Waals surface area contributed by atoms with Crippen LogP contribution in [0.2, 0.25) is 0 Å². The van der Waals surface area contributed by atoms with Gasteiger partial charge in [-0.2, -0.15) is 0 Å².